The molecular weight excluding hydrogens is 425 g/mol. The number of methoxy groups -OCH3 is 1. The number of esters is 1. The summed E-state index contributed by atoms with van der Waals surface area (Å²) in [5.74, 6) is -0.301. The Kier molecular flexibility index (Phi) is 5.82. The lowest BCUT2D eigenvalue weighted by molar-refractivity contribution is 0.0479. The quantitative estimate of drug-likeness (QED) is 0.432. The van der Waals surface area contributed by atoms with Crippen molar-refractivity contribution in [2.24, 2.45) is 0 Å². The number of hydrogen-bond donors (Lipinski definition) is 1. The normalized spacial score (nSPS) is 14.2. The van der Waals surface area contributed by atoms with Crippen LogP contribution in [0.4, 0.5) is 10.1 Å². The maximum absolute atomic E-state index is 13.8. The number of thiophene rings is 1. The summed E-state index contributed by atoms with van der Waals surface area (Å²) in [6.07, 6.45) is 2.16. The van der Waals surface area contributed by atoms with Crippen LogP contribution in [0.15, 0.2) is 47.9 Å². The van der Waals surface area contributed by atoms with Gasteiger partial charge >= 0.3 is 5.97 Å². The number of carbonyl (C=O) groups is 1. The minimum Gasteiger partial charge on any atom is -0.496 e. The Morgan fingerprint density at radius 2 is 1.88 bits per heavy atom. The molecule has 6 heteroatoms. The third-order valence-corrected chi connectivity index (χ3v) is 6.50. The molecule has 4 nitrogen and oxygen atoms in total. The lowest BCUT2D eigenvalue weighted by atomic mass is 9.85. The minimum atomic E-state index is -0.371. The lowest BCUT2D eigenvalue weighted by Gasteiger charge is -2.33. The van der Waals surface area contributed by atoms with E-state index in [1.165, 1.54) is 30.6 Å². The highest BCUT2D eigenvalue weighted by molar-refractivity contribution is 7.12. The van der Waals surface area contributed by atoms with Crippen molar-refractivity contribution in [3.63, 3.8) is 0 Å². The average Bonchev–Trinajstić information content (AvgIpc) is 3.17. The van der Waals surface area contributed by atoms with Crippen LogP contribution in [0.2, 0.25) is 0 Å². The average molecular weight is 452 g/mol. The molecule has 0 bridgehead atoms. The van der Waals surface area contributed by atoms with Crippen LogP contribution in [-0.4, -0.2) is 18.6 Å². The molecule has 2 aromatic carbocycles. The van der Waals surface area contributed by atoms with Crippen molar-refractivity contribution in [1.29, 1.82) is 0 Å². The number of nitrogens with one attached hydrogen (secondary N) is 1. The number of fused-ring (bicyclic) bond motifs is 1. The molecule has 0 saturated carbocycles. The van der Waals surface area contributed by atoms with Crippen molar-refractivity contribution in [2.45, 2.75) is 39.8 Å². The van der Waals surface area contributed by atoms with Gasteiger partial charge < -0.3 is 14.8 Å². The third-order valence-electron chi connectivity index (χ3n) is 5.47. The first-order chi connectivity index (χ1) is 15.2. The zero-order valence-electron chi connectivity index (χ0n) is 18.8. The number of carbonyl (C=O) groups excluding carboxylic acids is 1. The molecular formula is C26H26FNO3S. The molecule has 0 unspecified atom stereocenters. The Morgan fingerprint density at radius 3 is 2.56 bits per heavy atom. The van der Waals surface area contributed by atoms with Crippen molar-refractivity contribution in [1.82, 2.24) is 0 Å². The summed E-state index contributed by atoms with van der Waals surface area (Å²) in [6, 6.07) is 10.3. The fourth-order valence-corrected chi connectivity index (χ4v) is 5.03. The van der Waals surface area contributed by atoms with E-state index in [1.807, 2.05) is 30.5 Å². The van der Waals surface area contributed by atoms with Gasteiger partial charge in [-0.1, -0.05) is 12.1 Å². The summed E-state index contributed by atoms with van der Waals surface area (Å²) in [6.45, 7) is 8.30. The number of rotatable bonds is 5. The molecule has 0 fully saturated rings. The zero-order chi connectivity index (χ0) is 23.0. The van der Waals surface area contributed by atoms with Crippen molar-refractivity contribution >= 4 is 28.6 Å². The van der Waals surface area contributed by atoms with Gasteiger partial charge in [0.15, 0.2) is 0 Å². The molecule has 0 amide bonds. The summed E-state index contributed by atoms with van der Waals surface area (Å²) in [5, 5.41) is 5.47. The molecule has 3 aromatic rings. The maximum atomic E-state index is 13.8. The number of aryl methyl sites for hydroxylation is 1. The van der Waals surface area contributed by atoms with Gasteiger partial charge in [-0.05, 0) is 74.0 Å². The second-order valence-corrected chi connectivity index (χ2v) is 9.51. The van der Waals surface area contributed by atoms with Gasteiger partial charge in [-0.15, -0.1) is 11.3 Å². The first-order valence-electron chi connectivity index (χ1n) is 10.4. The number of hydrogen-bond acceptors (Lipinski definition) is 5. The smallest absolute Gasteiger partial charge is 0.348 e. The molecule has 0 atom stereocenters. The van der Waals surface area contributed by atoms with Gasteiger partial charge in [-0.2, -0.15) is 0 Å². The Balaban J connectivity index is 1.82. The molecule has 2 heterocycles. The van der Waals surface area contributed by atoms with Crippen LogP contribution in [0.25, 0.3) is 16.7 Å². The number of benzene rings is 2. The highest BCUT2D eigenvalue weighted by atomic mass is 32.1. The Bertz CT molecular complexity index is 1230. The second-order valence-electron chi connectivity index (χ2n) is 8.60. The predicted molar refractivity (Wildman–Crippen MR) is 128 cm³/mol. The van der Waals surface area contributed by atoms with Crippen LogP contribution in [0.5, 0.6) is 5.75 Å². The third kappa shape index (κ3) is 4.28. The van der Waals surface area contributed by atoms with Crippen molar-refractivity contribution in [3.05, 3.63) is 75.2 Å². The van der Waals surface area contributed by atoms with Crippen LogP contribution < -0.4 is 10.1 Å². The van der Waals surface area contributed by atoms with E-state index in [0.717, 1.165) is 39.1 Å². The number of halogens is 1. The highest BCUT2D eigenvalue weighted by Crippen LogP contribution is 2.42. The minimum absolute atomic E-state index is 0.0854. The van der Waals surface area contributed by atoms with Crippen LogP contribution in [0, 0.1) is 12.7 Å². The van der Waals surface area contributed by atoms with E-state index in [4.69, 9.17) is 9.47 Å². The maximum Gasteiger partial charge on any atom is 0.348 e. The summed E-state index contributed by atoms with van der Waals surface area (Å²) < 4.78 is 25.1. The Labute approximate surface area is 191 Å². The van der Waals surface area contributed by atoms with Gasteiger partial charge in [0.1, 0.15) is 23.1 Å². The van der Waals surface area contributed by atoms with Crippen LogP contribution in [-0.2, 0) is 11.3 Å². The van der Waals surface area contributed by atoms with Crippen LogP contribution >= 0.6 is 11.3 Å². The fourth-order valence-electron chi connectivity index (χ4n) is 4.24. The Hall–Kier alpha value is -3.12. The largest absolute Gasteiger partial charge is 0.496 e. The van der Waals surface area contributed by atoms with E-state index >= 15 is 0 Å². The van der Waals surface area contributed by atoms with E-state index in [1.54, 1.807) is 6.07 Å². The van der Waals surface area contributed by atoms with Crippen molar-refractivity contribution < 1.29 is 18.7 Å². The van der Waals surface area contributed by atoms with E-state index < -0.39 is 0 Å². The molecule has 0 spiro atoms. The topological polar surface area (TPSA) is 47.6 Å². The van der Waals surface area contributed by atoms with Gasteiger partial charge in [-0.25, -0.2) is 9.18 Å². The molecule has 0 radical (unpaired) electrons. The standard InChI is InChI=1S/C26H26FNO3S/c1-15-10-23(32-14-15)25(29)31-13-20-18(19-7-6-17(27)11-22(19)30-5)8-9-21-24(20)16(2)12-26(3,4)28-21/h6-12,14,28H,13H2,1-5H3. The van der Waals surface area contributed by atoms with Crippen LogP contribution in [0.3, 0.4) is 0 Å². The summed E-state index contributed by atoms with van der Waals surface area (Å²) >= 11 is 1.37. The molecule has 4 rings (SSSR count). The van der Waals surface area contributed by atoms with Crippen molar-refractivity contribution in [2.75, 3.05) is 12.4 Å². The van der Waals surface area contributed by atoms with Gasteiger partial charge in [0.05, 0.1) is 12.6 Å². The lowest BCUT2D eigenvalue weighted by Crippen LogP contribution is -2.32. The molecule has 166 valence electrons. The molecule has 32 heavy (non-hydrogen) atoms. The highest BCUT2D eigenvalue weighted by Gasteiger charge is 2.27. The molecule has 1 aliphatic rings. The summed E-state index contributed by atoms with van der Waals surface area (Å²) in [4.78, 5) is 13.3. The zero-order valence-corrected chi connectivity index (χ0v) is 19.7. The first kappa shape index (κ1) is 22.1. The number of ether oxygens (including phenoxy) is 2. The van der Waals surface area contributed by atoms with E-state index in [2.05, 4.69) is 32.2 Å². The SMILES string of the molecule is COc1cc(F)ccc1-c1ccc2c(c1COC(=O)c1cc(C)cs1)C(C)=CC(C)(C)N2. The van der Waals surface area contributed by atoms with Crippen molar-refractivity contribution in [3.8, 4) is 16.9 Å². The van der Waals surface area contributed by atoms with Gasteiger partial charge in [-0.3, -0.25) is 0 Å². The molecule has 1 aliphatic heterocycles. The number of allylic oxidation sites excluding steroid dienone is 1. The van der Waals surface area contributed by atoms with Gasteiger partial charge in [0.2, 0.25) is 0 Å². The Morgan fingerprint density at radius 1 is 1.12 bits per heavy atom. The second kappa shape index (κ2) is 8.43. The van der Waals surface area contributed by atoms with Crippen LogP contribution in [0.1, 0.15) is 47.1 Å². The fraction of sp³-hybridized carbons (Fsp3) is 0.269. The summed E-state index contributed by atoms with van der Waals surface area (Å²) in [7, 11) is 1.52. The van der Waals surface area contributed by atoms with E-state index in [0.29, 0.717) is 10.6 Å². The molecule has 1 aromatic heterocycles. The molecule has 0 saturated heterocycles. The van der Waals surface area contributed by atoms with E-state index in [-0.39, 0.29) is 23.9 Å². The van der Waals surface area contributed by atoms with Gasteiger partial charge in [0.25, 0.3) is 0 Å². The van der Waals surface area contributed by atoms with E-state index in [9.17, 15) is 9.18 Å². The molecule has 0 aliphatic carbocycles. The summed E-state index contributed by atoms with van der Waals surface area (Å²) in [5.41, 5.74) is 6.31. The monoisotopic (exact) mass is 451 g/mol. The first-order valence-corrected chi connectivity index (χ1v) is 11.3. The van der Waals surface area contributed by atoms with Gasteiger partial charge in [0, 0.05) is 28.4 Å². The number of anilines is 1. The predicted octanol–water partition coefficient (Wildman–Crippen LogP) is 6.84. The molecule has 1 N–H and O–H groups in total.